The van der Waals surface area contributed by atoms with Crippen LogP contribution in [0.4, 0.5) is 4.79 Å². The fourth-order valence-electron chi connectivity index (χ4n) is 4.75. The van der Waals surface area contributed by atoms with Crippen molar-refractivity contribution in [1.82, 2.24) is 9.80 Å². The number of para-hydroxylation sites is 1. The van der Waals surface area contributed by atoms with Crippen molar-refractivity contribution in [3.63, 3.8) is 0 Å². The van der Waals surface area contributed by atoms with Crippen molar-refractivity contribution in [3.05, 3.63) is 66.2 Å². The van der Waals surface area contributed by atoms with E-state index in [4.69, 9.17) is 9.47 Å². The maximum atomic E-state index is 13.2. The number of ketones is 1. The van der Waals surface area contributed by atoms with E-state index in [-0.39, 0.29) is 30.6 Å². The molecule has 182 valence electrons. The molecule has 0 bridgehead atoms. The third-order valence-electron chi connectivity index (χ3n) is 6.44. The first-order valence-corrected chi connectivity index (χ1v) is 12.3. The lowest BCUT2D eigenvalue weighted by Crippen LogP contribution is -2.51. The molecule has 0 radical (unpaired) electrons. The van der Waals surface area contributed by atoms with Gasteiger partial charge in [-0.1, -0.05) is 48.5 Å². The summed E-state index contributed by atoms with van der Waals surface area (Å²) in [6, 6.07) is 20.1. The van der Waals surface area contributed by atoms with E-state index < -0.39 is 5.60 Å². The number of Topliss-reactive ketones (excluding diaryl/α,β-unsaturated/α-hetero) is 1. The van der Waals surface area contributed by atoms with Crippen molar-refractivity contribution in [2.45, 2.75) is 63.6 Å². The third kappa shape index (κ3) is 6.60. The van der Waals surface area contributed by atoms with E-state index in [9.17, 15) is 9.59 Å². The molecule has 4 rings (SSSR count). The van der Waals surface area contributed by atoms with Gasteiger partial charge in [0.15, 0.2) is 5.78 Å². The highest BCUT2D eigenvalue weighted by Crippen LogP contribution is 2.46. The van der Waals surface area contributed by atoms with Crippen LogP contribution in [-0.2, 0) is 9.53 Å². The van der Waals surface area contributed by atoms with E-state index in [1.165, 1.54) is 5.56 Å². The van der Waals surface area contributed by atoms with Crippen LogP contribution in [-0.4, -0.2) is 65.6 Å². The largest absolute Gasteiger partial charge is 0.486 e. The van der Waals surface area contributed by atoms with Crippen LogP contribution < -0.4 is 4.74 Å². The van der Waals surface area contributed by atoms with Crippen molar-refractivity contribution >= 4 is 11.9 Å². The van der Waals surface area contributed by atoms with Gasteiger partial charge in [0.25, 0.3) is 0 Å². The van der Waals surface area contributed by atoms with Crippen molar-refractivity contribution in [2.75, 3.05) is 26.2 Å². The number of benzene rings is 2. The summed E-state index contributed by atoms with van der Waals surface area (Å²) in [5, 5.41) is 0. The molecule has 1 amide bonds. The zero-order chi connectivity index (χ0) is 24.1. The molecule has 2 atom stereocenters. The number of piperidine rings is 1. The molecule has 6 nitrogen and oxygen atoms in total. The maximum Gasteiger partial charge on any atom is 0.410 e. The molecule has 1 saturated heterocycles. The van der Waals surface area contributed by atoms with Gasteiger partial charge in [-0.15, -0.1) is 0 Å². The minimum Gasteiger partial charge on any atom is -0.486 e. The van der Waals surface area contributed by atoms with Crippen molar-refractivity contribution in [3.8, 4) is 5.75 Å². The van der Waals surface area contributed by atoms with Crippen LogP contribution in [0.15, 0.2) is 60.7 Å². The van der Waals surface area contributed by atoms with E-state index in [1.807, 2.05) is 62.1 Å². The average Bonchev–Trinajstić information content (AvgIpc) is 3.59. The van der Waals surface area contributed by atoms with Crippen molar-refractivity contribution in [1.29, 1.82) is 0 Å². The molecule has 0 N–H and O–H groups in total. The van der Waals surface area contributed by atoms with Gasteiger partial charge < -0.3 is 14.4 Å². The van der Waals surface area contributed by atoms with Gasteiger partial charge in [-0.2, -0.15) is 0 Å². The molecular formula is C28H36N2O4. The van der Waals surface area contributed by atoms with Crippen LogP contribution in [0.2, 0.25) is 0 Å². The molecule has 2 aromatic carbocycles. The fourth-order valence-corrected chi connectivity index (χ4v) is 4.75. The summed E-state index contributed by atoms with van der Waals surface area (Å²) in [5.74, 6) is 1.14. The second kappa shape index (κ2) is 10.6. The lowest BCUT2D eigenvalue weighted by Gasteiger charge is -2.39. The maximum absolute atomic E-state index is 13.2. The summed E-state index contributed by atoms with van der Waals surface area (Å²) in [6.07, 6.45) is 2.43. The molecule has 1 aliphatic carbocycles. The summed E-state index contributed by atoms with van der Waals surface area (Å²) < 4.78 is 11.4. The first kappa shape index (κ1) is 24.3. The fraction of sp³-hybridized carbons (Fsp3) is 0.500. The zero-order valence-corrected chi connectivity index (χ0v) is 20.5. The van der Waals surface area contributed by atoms with E-state index in [1.54, 1.807) is 0 Å². The number of rotatable bonds is 8. The predicted molar refractivity (Wildman–Crippen MR) is 132 cm³/mol. The Balaban J connectivity index is 1.32. The highest BCUT2D eigenvalue weighted by atomic mass is 16.6. The monoisotopic (exact) mass is 464 g/mol. The van der Waals surface area contributed by atoms with E-state index in [0.717, 1.165) is 32.4 Å². The number of nitrogens with zero attached hydrogens (tertiary/aromatic N) is 2. The van der Waals surface area contributed by atoms with Gasteiger partial charge in [-0.05, 0) is 57.7 Å². The topological polar surface area (TPSA) is 59.1 Å². The zero-order valence-electron chi connectivity index (χ0n) is 20.5. The molecule has 6 heteroatoms. The van der Waals surface area contributed by atoms with Crippen LogP contribution >= 0.6 is 0 Å². The summed E-state index contributed by atoms with van der Waals surface area (Å²) >= 11 is 0. The number of hydrogen-bond donors (Lipinski definition) is 0. The molecule has 2 aromatic rings. The summed E-state index contributed by atoms with van der Waals surface area (Å²) in [4.78, 5) is 29.8. The average molecular weight is 465 g/mol. The molecule has 2 fully saturated rings. The SMILES string of the molecule is CC(C)(C)OC(=O)N(C1CCN(CC(=O)COc2ccccc2)CC1)[C@@H]1C[C@H]1c1ccccc1. The standard InChI is InChI=1S/C28H36N2O4/c1-28(2,3)34-27(32)30(26-18-25(26)21-10-6-4-7-11-21)22-14-16-29(17-15-22)19-23(31)20-33-24-12-8-5-9-13-24/h4-13,22,25-26H,14-20H2,1-3H3/t25-,26+/m0/s1. The van der Waals surface area contributed by atoms with Crippen LogP contribution in [0.5, 0.6) is 5.75 Å². The van der Waals surface area contributed by atoms with Crippen LogP contribution in [0.25, 0.3) is 0 Å². The van der Waals surface area contributed by atoms with Gasteiger partial charge in [0.05, 0.1) is 6.54 Å². The lowest BCUT2D eigenvalue weighted by molar-refractivity contribution is -0.122. The Bertz CT molecular complexity index is 949. The molecular weight excluding hydrogens is 428 g/mol. The Morgan fingerprint density at radius 2 is 1.59 bits per heavy atom. The molecule has 1 aliphatic heterocycles. The van der Waals surface area contributed by atoms with Gasteiger partial charge in [-0.3, -0.25) is 9.69 Å². The Kier molecular flexibility index (Phi) is 7.57. The number of carbonyl (C=O) groups is 2. The highest BCUT2D eigenvalue weighted by Gasteiger charge is 2.48. The Labute approximate surface area is 202 Å². The smallest absolute Gasteiger partial charge is 0.410 e. The molecule has 0 aromatic heterocycles. The molecule has 1 heterocycles. The molecule has 2 aliphatic rings. The minimum atomic E-state index is -0.529. The van der Waals surface area contributed by atoms with E-state index in [0.29, 0.717) is 18.2 Å². The number of amides is 1. The van der Waals surface area contributed by atoms with Crippen LogP contribution in [0, 0.1) is 0 Å². The number of ether oxygens (including phenoxy) is 2. The minimum absolute atomic E-state index is 0.0673. The second-order valence-corrected chi connectivity index (χ2v) is 10.4. The first-order chi connectivity index (χ1) is 16.3. The normalized spacial score (nSPS) is 21.0. The predicted octanol–water partition coefficient (Wildman–Crippen LogP) is 4.89. The first-order valence-electron chi connectivity index (χ1n) is 12.3. The molecule has 34 heavy (non-hydrogen) atoms. The van der Waals surface area contributed by atoms with Gasteiger partial charge in [0.2, 0.25) is 0 Å². The van der Waals surface area contributed by atoms with Crippen molar-refractivity contribution in [2.24, 2.45) is 0 Å². The van der Waals surface area contributed by atoms with Crippen molar-refractivity contribution < 1.29 is 19.1 Å². The second-order valence-electron chi connectivity index (χ2n) is 10.4. The molecule has 1 saturated carbocycles. The van der Waals surface area contributed by atoms with Gasteiger partial charge >= 0.3 is 6.09 Å². The number of hydrogen-bond acceptors (Lipinski definition) is 5. The van der Waals surface area contributed by atoms with Gasteiger partial charge in [-0.25, -0.2) is 4.79 Å². The summed E-state index contributed by atoms with van der Waals surface area (Å²) in [5.41, 5.74) is 0.751. The van der Waals surface area contributed by atoms with Crippen LogP contribution in [0.1, 0.15) is 51.5 Å². The van der Waals surface area contributed by atoms with E-state index in [2.05, 4.69) is 29.2 Å². The summed E-state index contributed by atoms with van der Waals surface area (Å²) in [7, 11) is 0. The lowest BCUT2D eigenvalue weighted by atomic mass is 10.0. The van der Waals surface area contributed by atoms with Gasteiger partial charge in [0.1, 0.15) is 18.0 Å². The third-order valence-corrected chi connectivity index (χ3v) is 6.44. The Morgan fingerprint density at radius 1 is 0.971 bits per heavy atom. The number of carbonyl (C=O) groups excluding carboxylic acids is 2. The highest BCUT2D eigenvalue weighted by molar-refractivity contribution is 5.82. The Morgan fingerprint density at radius 3 is 2.21 bits per heavy atom. The molecule has 0 spiro atoms. The van der Waals surface area contributed by atoms with Crippen LogP contribution in [0.3, 0.4) is 0 Å². The summed E-state index contributed by atoms with van der Waals surface area (Å²) in [6.45, 7) is 7.76. The quantitative estimate of drug-likeness (QED) is 0.557. The number of likely N-dealkylation sites (tertiary alicyclic amines) is 1. The van der Waals surface area contributed by atoms with E-state index >= 15 is 0 Å². The molecule has 0 unspecified atom stereocenters. The van der Waals surface area contributed by atoms with Gasteiger partial charge in [0, 0.05) is 31.1 Å². The Hall–Kier alpha value is -2.86.